The van der Waals surface area contributed by atoms with Crippen LogP contribution in [0.15, 0.2) is 0 Å². The molecule has 8 unspecified atom stereocenters. The molecule has 0 spiro atoms. The van der Waals surface area contributed by atoms with Crippen LogP contribution in [-0.2, 0) is 73.1 Å². The molecular formula is C12H21NO21S4. The number of carbonyl (C=O) groups is 1. The van der Waals surface area contributed by atoms with Gasteiger partial charge < -0.3 is 24.4 Å². The highest BCUT2D eigenvalue weighted by Gasteiger charge is 2.51. The zero-order valence-corrected chi connectivity index (χ0v) is 21.4. The Kier molecular flexibility index (Phi) is 10.5. The Morgan fingerprint density at radius 3 is 1.92 bits per heavy atom. The molecule has 2 aliphatic heterocycles. The van der Waals surface area contributed by atoms with Crippen LogP contribution in [0.4, 0.5) is 0 Å². The number of aliphatic carboxylic acids is 1. The molecule has 38 heavy (non-hydrogen) atoms. The smallest absolute Gasteiger partial charge is 0.397 e. The van der Waals surface area contributed by atoms with Crippen LogP contribution in [0, 0.1) is 0 Å². The maximum absolute atomic E-state index is 11.6. The summed E-state index contributed by atoms with van der Waals surface area (Å²) < 4.78 is 155. The van der Waals surface area contributed by atoms with Crippen molar-refractivity contribution in [2.45, 2.75) is 55.4 Å². The first-order valence-corrected chi connectivity index (χ1v) is 15.1. The fourth-order valence-electron chi connectivity index (χ4n) is 3.40. The SMILES string of the molecule is O=C(O)C1OCC(OS(=O)(=O)O)C(O)C1OC1OC(COS(=O)(=O)O)CC(OS(=O)(=O)O)C1NS(=O)(=O)O. The van der Waals surface area contributed by atoms with E-state index in [0.29, 0.717) is 0 Å². The molecule has 7 N–H and O–H groups in total. The van der Waals surface area contributed by atoms with Gasteiger partial charge in [-0.25, -0.2) is 17.3 Å². The highest BCUT2D eigenvalue weighted by atomic mass is 32.3. The van der Waals surface area contributed by atoms with Gasteiger partial charge in [-0.1, -0.05) is 0 Å². The van der Waals surface area contributed by atoms with Gasteiger partial charge in [0, 0.05) is 6.42 Å². The summed E-state index contributed by atoms with van der Waals surface area (Å²) in [6.07, 6.45) is -15.8. The number of rotatable bonds is 12. The van der Waals surface area contributed by atoms with Gasteiger partial charge in [0.1, 0.15) is 30.5 Å². The van der Waals surface area contributed by atoms with Crippen LogP contribution in [-0.4, -0.2) is 130 Å². The van der Waals surface area contributed by atoms with Gasteiger partial charge in [0.15, 0.2) is 12.4 Å². The molecule has 0 bridgehead atoms. The van der Waals surface area contributed by atoms with Gasteiger partial charge >= 0.3 is 47.5 Å². The van der Waals surface area contributed by atoms with Crippen molar-refractivity contribution in [3.05, 3.63) is 0 Å². The van der Waals surface area contributed by atoms with E-state index in [-0.39, 0.29) is 0 Å². The molecule has 26 heteroatoms. The topological polar surface area (TPSA) is 342 Å². The van der Waals surface area contributed by atoms with E-state index in [1.165, 1.54) is 4.72 Å². The lowest BCUT2D eigenvalue weighted by atomic mass is 9.98. The molecule has 2 rings (SSSR count). The van der Waals surface area contributed by atoms with Gasteiger partial charge in [0.05, 0.1) is 19.3 Å². The summed E-state index contributed by atoms with van der Waals surface area (Å²) in [6, 6.07) is -2.22. The second kappa shape index (κ2) is 12.1. The zero-order valence-electron chi connectivity index (χ0n) is 18.2. The summed E-state index contributed by atoms with van der Waals surface area (Å²) in [4.78, 5) is 11.6. The van der Waals surface area contributed by atoms with Crippen LogP contribution in [0.25, 0.3) is 0 Å². The lowest BCUT2D eigenvalue weighted by molar-refractivity contribution is -0.290. The van der Waals surface area contributed by atoms with Crippen LogP contribution < -0.4 is 4.72 Å². The average Bonchev–Trinajstić information content (AvgIpc) is 2.68. The first-order chi connectivity index (χ1) is 17.0. The summed E-state index contributed by atoms with van der Waals surface area (Å²) in [6.45, 7) is -2.08. The van der Waals surface area contributed by atoms with E-state index >= 15 is 0 Å². The molecule has 22 nitrogen and oxygen atoms in total. The normalized spacial score (nSPS) is 33.6. The Morgan fingerprint density at radius 2 is 1.45 bits per heavy atom. The Hall–Kier alpha value is -1.21. The number of nitrogens with one attached hydrogen (secondary N) is 1. The van der Waals surface area contributed by atoms with Gasteiger partial charge in [-0.2, -0.15) is 38.4 Å². The largest absolute Gasteiger partial charge is 0.479 e. The summed E-state index contributed by atoms with van der Waals surface area (Å²) in [5.41, 5.74) is 0. The third-order valence-corrected chi connectivity index (χ3v) is 6.67. The minimum Gasteiger partial charge on any atom is -0.479 e. The lowest BCUT2D eigenvalue weighted by Crippen LogP contribution is -2.64. The first kappa shape index (κ1) is 33.0. The Morgan fingerprint density at radius 1 is 0.895 bits per heavy atom. The zero-order chi connectivity index (χ0) is 29.3. The van der Waals surface area contributed by atoms with Crippen molar-refractivity contribution in [1.82, 2.24) is 4.72 Å². The quantitative estimate of drug-likeness (QED) is 0.0981. The number of hydrogen-bond acceptors (Lipinski definition) is 16. The van der Waals surface area contributed by atoms with E-state index in [1.807, 2.05) is 0 Å². The molecule has 0 aromatic rings. The van der Waals surface area contributed by atoms with Gasteiger partial charge in [0.25, 0.3) is 0 Å². The summed E-state index contributed by atoms with van der Waals surface area (Å²) in [7, 11) is -21.1. The molecule has 0 aromatic heterocycles. The summed E-state index contributed by atoms with van der Waals surface area (Å²) in [5.74, 6) is -1.86. The second-order valence-corrected chi connectivity index (χ2v) is 11.9. The molecule has 0 amide bonds. The lowest BCUT2D eigenvalue weighted by Gasteiger charge is -2.44. The molecule has 0 saturated carbocycles. The van der Waals surface area contributed by atoms with Crippen LogP contribution >= 0.6 is 0 Å². The van der Waals surface area contributed by atoms with Crippen molar-refractivity contribution in [2.75, 3.05) is 13.2 Å². The fourth-order valence-corrected chi connectivity index (χ4v) is 5.32. The molecule has 2 fully saturated rings. The predicted octanol–water partition coefficient (Wildman–Crippen LogP) is -4.71. The molecule has 0 aliphatic carbocycles. The molecule has 0 aromatic carbocycles. The maximum atomic E-state index is 11.6. The molecule has 2 aliphatic rings. The average molecular weight is 644 g/mol. The first-order valence-electron chi connectivity index (χ1n) is 9.56. The minimum absolute atomic E-state index is 0.858. The van der Waals surface area contributed by atoms with E-state index in [2.05, 4.69) is 12.5 Å². The van der Waals surface area contributed by atoms with E-state index in [0.717, 1.165) is 0 Å². The highest BCUT2D eigenvalue weighted by Crippen LogP contribution is 2.30. The number of aliphatic hydroxyl groups excluding tert-OH is 1. The molecule has 224 valence electrons. The van der Waals surface area contributed by atoms with Crippen LogP contribution in [0.1, 0.15) is 6.42 Å². The number of ether oxygens (including phenoxy) is 3. The van der Waals surface area contributed by atoms with Crippen molar-refractivity contribution in [2.24, 2.45) is 0 Å². The number of carboxylic acids is 1. The second-order valence-electron chi connectivity index (χ2n) is 7.50. The van der Waals surface area contributed by atoms with Crippen molar-refractivity contribution in [1.29, 1.82) is 0 Å². The van der Waals surface area contributed by atoms with E-state index < -0.39 is 116 Å². The molecule has 2 heterocycles. The Bertz CT molecular complexity index is 1280. The molecule has 8 atom stereocenters. The van der Waals surface area contributed by atoms with Gasteiger partial charge in [0.2, 0.25) is 0 Å². The van der Waals surface area contributed by atoms with Gasteiger partial charge in [-0.05, 0) is 0 Å². The minimum atomic E-state index is -5.42. The van der Waals surface area contributed by atoms with Crippen LogP contribution in [0.5, 0.6) is 0 Å². The van der Waals surface area contributed by atoms with E-state index in [1.54, 1.807) is 0 Å². The molecular weight excluding hydrogens is 622 g/mol. The van der Waals surface area contributed by atoms with Crippen molar-refractivity contribution in [3.63, 3.8) is 0 Å². The van der Waals surface area contributed by atoms with E-state index in [9.17, 15) is 53.2 Å². The Balaban J connectivity index is 2.49. The molecule has 2 saturated heterocycles. The van der Waals surface area contributed by atoms with Crippen LogP contribution in [0.2, 0.25) is 0 Å². The third kappa shape index (κ3) is 10.7. The van der Waals surface area contributed by atoms with Crippen LogP contribution in [0.3, 0.4) is 0 Å². The van der Waals surface area contributed by atoms with Crippen molar-refractivity contribution < 1.29 is 93.6 Å². The monoisotopic (exact) mass is 643 g/mol. The van der Waals surface area contributed by atoms with E-state index in [4.69, 9.17) is 27.9 Å². The summed E-state index contributed by atoms with van der Waals surface area (Å²) >= 11 is 0. The third-order valence-electron chi connectivity index (χ3n) is 4.68. The van der Waals surface area contributed by atoms with Crippen molar-refractivity contribution >= 4 is 47.5 Å². The van der Waals surface area contributed by atoms with Crippen molar-refractivity contribution in [3.8, 4) is 0 Å². The standard InChI is InChI=1S/C12H21NO21S4/c14-8-6(34-38(26,27)28)3-29-10(11(15)16)9(8)32-12-7(13-35(17,18)19)5(33-37(23,24)25)1-4(31-12)2-30-36(20,21)22/h4-10,12-14H,1-3H2,(H,15,16)(H,17,18,19)(H,20,21,22)(H,23,24,25)(H,26,27,28). The Labute approximate surface area is 214 Å². The fraction of sp³-hybridized carbons (Fsp3) is 0.917. The van der Waals surface area contributed by atoms with Gasteiger partial charge in [-0.15, -0.1) is 0 Å². The van der Waals surface area contributed by atoms with Gasteiger partial charge in [-0.3, -0.25) is 18.2 Å². The number of aliphatic hydroxyl groups is 1. The number of hydrogen-bond donors (Lipinski definition) is 7. The number of carboxylic acid groups (broad SMARTS) is 1. The predicted molar refractivity (Wildman–Crippen MR) is 110 cm³/mol. The summed E-state index contributed by atoms with van der Waals surface area (Å²) in [5, 5.41) is 19.9. The molecule has 0 radical (unpaired) electrons. The maximum Gasteiger partial charge on any atom is 0.397 e. The highest BCUT2D eigenvalue weighted by molar-refractivity contribution is 7.83.